The van der Waals surface area contributed by atoms with Gasteiger partial charge in [0.05, 0.1) is 16.6 Å². The molecular formula is C11H15BrN4O3. The predicted molar refractivity (Wildman–Crippen MR) is 75.5 cm³/mol. The second-order valence-corrected chi connectivity index (χ2v) is 4.79. The lowest BCUT2D eigenvalue weighted by Gasteiger charge is -2.15. The maximum Gasteiger partial charge on any atom is 0.320 e. The Morgan fingerprint density at radius 3 is 2.74 bits per heavy atom. The fraction of sp³-hybridized carbons (Fsp3) is 0.364. The third-order valence-electron chi connectivity index (χ3n) is 2.18. The number of hydrogen-bond acceptors (Lipinski definition) is 4. The zero-order chi connectivity index (χ0) is 14.4. The molecule has 0 saturated heterocycles. The molecule has 19 heavy (non-hydrogen) atoms. The van der Waals surface area contributed by atoms with Gasteiger partial charge in [-0.05, 0) is 15.9 Å². The molecule has 0 fully saturated rings. The van der Waals surface area contributed by atoms with Gasteiger partial charge in [-0.25, -0.2) is 9.78 Å². The van der Waals surface area contributed by atoms with Crippen molar-refractivity contribution in [2.75, 3.05) is 30.9 Å². The lowest BCUT2D eigenvalue weighted by Crippen LogP contribution is -2.31. The minimum Gasteiger partial charge on any atom is -0.481 e. The second kappa shape index (κ2) is 6.93. The second-order valence-electron chi connectivity index (χ2n) is 3.94. The van der Waals surface area contributed by atoms with Crippen molar-refractivity contribution in [3.05, 3.63) is 16.7 Å². The van der Waals surface area contributed by atoms with E-state index in [-0.39, 0.29) is 13.0 Å². The molecule has 0 aliphatic rings. The van der Waals surface area contributed by atoms with E-state index in [9.17, 15) is 9.59 Å². The molecule has 1 aromatic rings. The lowest BCUT2D eigenvalue weighted by molar-refractivity contribution is -0.136. The number of urea groups is 1. The fourth-order valence-electron chi connectivity index (χ4n) is 1.28. The van der Waals surface area contributed by atoms with E-state index in [2.05, 4.69) is 31.5 Å². The number of anilines is 2. The minimum absolute atomic E-state index is 0.0677. The first-order chi connectivity index (χ1) is 8.90. The molecule has 0 saturated carbocycles. The number of carbonyl (C=O) groups is 2. The molecule has 0 aromatic carbocycles. The van der Waals surface area contributed by atoms with Gasteiger partial charge in [-0.1, -0.05) is 0 Å². The van der Waals surface area contributed by atoms with Crippen molar-refractivity contribution >= 4 is 39.4 Å². The average molecular weight is 331 g/mol. The van der Waals surface area contributed by atoms with E-state index in [1.165, 1.54) is 0 Å². The van der Waals surface area contributed by atoms with Crippen molar-refractivity contribution in [1.82, 2.24) is 10.3 Å². The molecule has 0 atom stereocenters. The quantitative estimate of drug-likeness (QED) is 0.760. The summed E-state index contributed by atoms with van der Waals surface area (Å²) in [5.74, 6) is -0.573. The number of carboxylic acids is 1. The summed E-state index contributed by atoms with van der Waals surface area (Å²) >= 11 is 3.36. The van der Waals surface area contributed by atoms with Gasteiger partial charge >= 0.3 is 12.0 Å². The summed E-state index contributed by atoms with van der Waals surface area (Å²) in [5.41, 5.74) is 0.871. The number of hydrogen-bond donors (Lipinski definition) is 3. The van der Waals surface area contributed by atoms with Gasteiger partial charge in [0.25, 0.3) is 0 Å². The molecule has 2 amide bonds. The van der Waals surface area contributed by atoms with E-state index in [0.29, 0.717) is 5.82 Å². The summed E-state index contributed by atoms with van der Waals surface area (Å²) in [6, 6.07) is 1.22. The fourth-order valence-corrected chi connectivity index (χ4v) is 1.85. The first kappa shape index (κ1) is 15.2. The van der Waals surface area contributed by atoms with Crippen molar-refractivity contribution < 1.29 is 14.7 Å². The van der Waals surface area contributed by atoms with E-state index in [4.69, 9.17) is 5.11 Å². The van der Waals surface area contributed by atoms with Crippen LogP contribution in [0.1, 0.15) is 6.42 Å². The first-order valence-corrected chi connectivity index (χ1v) is 6.29. The number of halogens is 1. The Labute approximate surface area is 119 Å². The molecule has 0 bridgehead atoms. The highest BCUT2D eigenvalue weighted by molar-refractivity contribution is 9.10. The minimum atomic E-state index is -0.961. The van der Waals surface area contributed by atoms with E-state index < -0.39 is 12.0 Å². The first-order valence-electron chi connectivity index (χ1n) is 5.49. The SMILES string of the molecule is CN(C)c1cc(NC(=O)NCCC(=O)O)ncc1Br. The molecule has 1 heterocycles. The van der Waals surface area contributed by atoms with Crippen molar-refractivity contribution in [3.63, 3.8) is 0 Å². The van der Waals surface area contributed by atoms with Gasteiger partial charge in [0.15, 0.2) is 0 Å². The predicted octanol–water partition coefficient (Wildman–Crippen LogP) is 1.51. The summed E-state index contributed by atoms with van der Waals surface area (Å²) in [6.07, 6.45) is 1.46. The molecule has 0 unspecified atom stereocenters. The number of amides is 2. The standard InChI is InChI=1S/C11H15BrN4O3/c1-16(2)8-5-9(14-6-7(8)12)15-11(19)13-4-3-10(17)18/h5-6H,3-4H2,1-2H3,(H,17,18)(H2,13,14,15,19). The Morgan fingerprint density at radius 2 is 2.16 bits per heavy atom. The van der Waals surface area contributed by atoms with Gasteiger partial charge in [0.1, 0.15) is 5.82 Å². The monoisotopic (exact) mass is 330 g/mol. The number of carboxylic acid groups (broad SMARTS) is 1. The number of aliphatic carboxylic acids is 1. The zero-order valence-corrected chi connectivity index (χ0v) is 12.2. The summed E-state index contributed by atoms with van der Waals surface area (Å²) in [6.45, 7) is 0.0677. The lowest BCUT2D eigenvalue weighted by atomic mass is 10.3. The molecule has 3 N–H and O–H groups in total. The Hall–Kier alpha value is -1.83. The molecule has 8 heteroatoms. The maximum atomic E-state index is 11.5. The van der Waals surface area contributed by atoms with Gasteiger partial charge < -0.3 is 15.3 Å². The van der Waals surface area contributed by atoms with Crippen LogP contribution in [-0.4, -0.2) is 42.7 Å². The van der Waals surface area contributed by atoms with Crippen LogP contribution in [0.4, 0.5) is 16.3 Å². The molecular weight excluding hydrogens is 316 g/mol. The number of aromatic nitrogens is 1. The average Bonchev–Trinajstić information content (AvgIpc) is 2.30. The topological polar surface area (TPSA) is 94.6 Å². The maximum absolute atomic E-state index is 11.5. The van der Waals surface area contributed by atoms with Crippen LogP contribution in [-0.2, 0) is 4.79 Å². The zero-order valence-electron chi connectivity index (χ0n) is 10.6. The van der Waals surface area contributed by atoms with Gasteiger partial charge in [0, 0.05) is 32.9 Å². The van der Waals surface area contributed by atoms with Crippen LogP contribution in [0.25, 0.3) is 0 Å². The summed E-state index contributed by atoms with van der Waals surface area (Å²) < 4.78 is 0.814. The van der Waals surface area contributed by atoms with Crippen molar-refractivity contribution in [2.24, 2.45) is 0 Å². The molecule has 1 aromatic heterocycles. The van der Waals surface area contributed by atoms with Crippen molar-refractivity contribution in [2.45, 2.75) is 6.42 Å². The Balaban J connectivity index is 2.59. The molecule has 0 radical (unpaired) electrons. The molecule has 0 aliphatic heterocycles. The highest BCUT2D eigenvalue weighted by atomic mass is 79.9. The van der Waals surface area contributed by atoms with Gasteiger partial charge in [-0.2, -0.15) is 0 Å². The van der Waals surface area contributed by atoms with Crippen molar-refractivity contribution in [3.8, 4) is 0 Å². The molecule has 0 aliphatic carbocycles. The number of pyridine rings is 1. The highest BCUT2D eigenvalue weighted by Gasteiger charge is 2.08. The van der Waals surface area contributed by atoms with E-state index >= 15 is 0 Å². The Kier molecular flexibility index (Phi) is 5.56. The van der Waals surface area contributed by atoms with Crippen LogP contribution in [0.5, 0.6) is 0 Å². The van der Waals surface area contributed by atoms with Crippen LogP contribution in [0, 0.1) is 0 Å². The van der Waals surface area contributed by atoms with Crippen LogP contribution >= 0.6 is 15.9 Å². The Bertz CT molecular complexity index is 479. The number of carbonyl (C=O) groups excluding carboxylic acids is 1. The van der Waals surface area contributed by atoms with Crippen LogP contribution < -0.4 is 15.5 Å². The third kappa shape index (κ3) is 5.12. The molecule has 0 spiro atoms. The Morgan fingerprint density at radius 1 is 1.47 bits per heavy atom. The molecule has 104 valence electrons. The van der Waals surface area contributed by atoms with E-state index in [1.54, 1.807) is 12.3 Å². The number of nitrogens with one attached hydrogen (secondary N) is 2. The molecule has 1 rings (SSSR count). The summed E-state index contributed by atoms with van der Waals surface area (Å²) in [5, 5.41) is 13.4. The number of rotatable bonds is 5. The third-order valence-corrected chi connectivity index (χ3v) is 2.79. The smallest absolute Gasteiger partial charge is 0.320 e. The van der Waals surface area contributed by atoms with Gasteiger partial charge in [0.2, 0.25) is 0 Å². The van der Waals surface area contributed by atoms with Crippen molar-refractivity contribution in [1.29, 1.82) is 0 Å². The van der Waals surface area contributed by atoms with Crippen LogP contribution in [0.3, 0.4) is 0 Å². The van der Waals surface area contributed by atoms with Crippen LogP contribution in [0.15, 0.2) is 16.7 Å². The van der Waals surface area contributed by atoms with E-state index in [0.717, 1.165) is 10.2 Å². The van der Waals surface area contributed by atoms with Gasteiger partial charge in [-0.15, -0.1) is 0 Å². The normalized spacial score (nSPS) is 9.84. The summed E-state index contributed by atoms with van der Waals surface area (Å²) in [7, 11) is 3.74. The van der Waals surface area contributed by atoms with Gasteiger partial charge in [-0.3, -0.25) is 10.1 Å². The van der Waals surface area contributed by atoms with Crippen LogP contribution in [0.2, 0.25) is 0 Å². The highest BCUT2D eigenvalue weighted by Crippen LogP contribution is 2.25. The largest absolute Gasteiger partial charge is 0.481 e. The number of nitrogens with zero attached hydrogens (tertiary/aromatic N) is 2. The summed E-state index contributed by atoms with van der Waals surface area (Å²) in [4.78, 5) is 27.7. The van der Waals surface area contributed by atoms with E-state index in [1.807, 2.05) is 19.0 Å². The molecule has 7 nitrogen and oxygen atoms in total.